The molecule has 0 aliphatic carbocycles. The molecule has 0 bridgehead atoms. The highest BCUT2D eigenvalue weighted by Crippen LogP contribution is 2.20. The molecule has 2 aromatic carbocycles. The summed E-state index contributed by atoms with van der Waals surface area (Å²) in [6.45, 7) is -0.0477. The first-order valence-corrected chi connectivity index (χ1v) is 9.15. The zero-order valence-corrected chi connectivity index (χ0v) is 15.2. The Kier molecular flexibility index (Phi) is 4.41. The van der Waals surface area contributed by atoms with Crippen molar-refractivity contribution in [1.82, 2.24) is 9.13 Å². The van der Waals surface area contributed by atoms with Gasteiger partial charge in [0.2, 0.25) is 0 Å². The molecule has 0 amide bonds. The maximum Gasteiger partial charge on any atom is 0.336 e. The molecular weight excluding hydrogens is 394 g/mol. The van der Waals surface area contributed by atoms with E-state index in [0.29, 0.717) is 15.8 Å². The third-order valence-corrected chi connectivity index (χ3v) is 5.38. The molecule has 0 saturated heterocycles. The molecule has 4 aromatic rings. The second-order valence-electron chi connectivity index (χ2n) is 5.83. The Bertz CT molecular complexity index is 1290. The van der Waals surface area contributed by atoms with Crippen LogP contribution in [0.5, 0.6) is 0 Å². The second kappa shape index (κ2) is 6.75. The second-order valence-corrected chi connectivity index (χ2v) is 7.16. The number of aromatic nitrogens is 2. The highest BCUT2D eigenvalue weighted by molar-refractivity contribution is 7.17. The number of halogens is 3. The lowest BCUT2D eigenvalue weighted by Gasteiger charge is -2.13. The number of hydrogen-bond donors (Lipinski definition) is 0. The van der Waals surface area contributed by atoms with Crippen LogP contribution in [0.2, 0.25) is 5.02 Å². The Morgan fingerprint density at radius 1 is 1.00 bits per heavy atom. The van der Waals surface area contributed by atoms with E-state index in [1.807, 2.05) is 0 Å². The van der Waals surface area contributed by atoms with E-state index in [2.05, 4.69) is 0 Å². The van der Waals surface area contributed by atoms with Crippen LogP contribution in [0.15, 0.2) is 63.5 Å². The van der Waals surface area contributed by atoms with E-state index in [0.717, 1.165) is 10.6 Å². The first kappa shape index (κ1) is 17.6. The van der Waals surface area contributed by atoms with E-state index in [9.17, 15) is 18.4 Å². The SMILES string of the molecule is O=c1c2sccc2n(Cc2ccccc2F)c(=O)n1-c1ccc(F)c(Cl)c1. The van der Waals surface area contributed by atoms with Crippen LogP contribution in [0.3, 0.4) is 0 Å². The molecule has 2 aromatic heterocycles. The van der Waals surface area contributed by atoms with Gasteiger partial charge in [0, 0.05) is 5.56 Å². The number of hydrogen-bond acceptors (Lipinski definition) is 3. The minimum atomic E-state index is -0.656. The molecule has 0 aliphatic rings. The molecule has 4 rings (SSSR count). The third-order valence-electron chi connectivity index (χ3n) is 4.20. The van der Waals surface area contributed by atoms with Gasteiger partial charge in [0.25, 0.3) is 5.56 Å². The van der Waals surface area contributed by atoms with E-state index in [1.54, 1.807) is 29.6 Å². The summed E-state index contributed by atoms with van der Waals surface area (Å²) in [7, 11) is 0. The minimum Gasteiger partial charge on any atom is -0.287 e. The molecule has 27 heavy (non-hydrogen) atoms. The summed E-state index contributed by atoms with van der Waals surface area (Å²) < 4.78 is 30.2. The van der Waals surface area contributed by atoms with Crippen LogP contribution in [0, 0.1) is 11.6 Å². The van der Waals surface area contributed by atoms with Crippen molar-refractivity contribution in [3.63, 3.8) is 0 Å². The zero-order chi connectivity index (χ0) is 19.1. The smallest absolute Gasteiger partial charge is 0.287 e. The summed E-state index contributed by atoms with van der Waals surface area (Å²) in [5.41, 5.74) is -0.305. The summed E-state index contributed by atoms with van der Waals surface area (Å²) in [6, 6.07) is 11.4. The van der Waals surface area contributed by atoms with Gasteiger partial charge >= 0.3 is 5.69 Å². The van der Waals surface area contributed by atoms with E-state index < -0.39 is 22.9 Å². The van der Waals surface area contributed by atoms with Gasteiger partial charge in [-0.05, 0) is 35.7 Å². The predicted octanol–water partition coefficient (Wildman–Crippen LogP) is 4.19. The van der Waals surface area contributed by atoms with Crippen molar-refractivity contribution in [3.05, 3.63) is 97.0 Å². The van der Waals surface area contributed by atoms with Gasteiger partial charge in [0.15, 0.2) is 0 Å². The molecule has 0 radical (unpaired) electrons. The molecule has 0 aliphatic heterocycles. The van der Waals surface area contributed by atoms with E-state index in [4.69, 9.17) is 11.6 Å². The van der Waals surface area contributed by atoms with Crippen LogP contribution < -0.4 is 11.2 Å². The number of benzene rings is 2. The molecule has 136 valence electrons. The van der Waals surface area contributed by atoms with Gasteiger partial charge in [0.05, 0.1) is 22.8 Å². The summed E-state index contributed by atoms with van der Waals surface area (Å²) in [4.78, 5) is 25.9. The largest absolute Gasteiger partial charge is 0.336 e. The number of fused-ring (bicyclic) bond motifs is 1. The third kappa shape index (κ3) is 2.98. The maximum atomic E-state index is 14.1. The predicted molar refractivity (Wildman–Crippen MR) is 102 cm³/mol. The Morgan fingerprint density at radius 3 is 2.52 bits per heavy atom. The lowest BCUT2D eigenvalue weighted by molar-refractivity contribution is 0.594. The van der Waals surface area contributed by atoms with Crippen molar-refractivity contribution in [2.75, 3.05) is 0 Å². The normalized spacial score (nSPS) is 11.2. The molecule has 0 fully saturated rings. The highest BCUT2D eigenvalue weighted by Gasteiger charge is 2.17. The van der Waals surface area contributed by atoms with Gasteiger partial charge < -0.3 is 0 Å². The number of rotatable bonds is 3. The molecule has 2 heterocycles. The van der Waals surface area contributed by atoms with Crippen molar-refractivity contribution in [1.29, 1.82) is 0 Å². The molecule has 4 nitrogen and oxygen atoms in total. The molecule has 0 unspecified atom stereocenters. The Labute approximate surface area is 160 Å². The zero-order valence-electron chi connectivity index (χ0n) is 13.7. The average Bonchev–Trinajstić information content (AvgIpc) is 3.13. The van der Waals surface area contributed by atoms with Crippen molar-refractivity contribution < 1.29 is 8.78 Å². The maximum absolute atomic E-state index is 14.1. The van der Waals surface area contributed by atoms with Gasteiger partial charge in [-0.2, -0.15) is 0 Å². The van der Waals surface area contributed by atoms with Crippen LogP contribution >= 0.6 is 22.9 Å². The first-order valence-electron chi connectivity index (χ1n) is 7.89. The van der Waals surface area contributed by atoms with E-state index >= 15 is 0 Å². The van der Waals surface area contributed by atoms with E-state index in [1.165, 1.54) is 34.1 Å². The number of thiophene rings is 1. The molecule has 0 saturated carbocycles. The molecule has 0 atom stereocenters. The number of nitrogens with zero attached hydrogens (tertiary/aromatic N) is 2. The van der Waals surface area contributed by atoms with Crippen LogP contribution in [-0.4, -0.2) is 9.13 Å². The van der Waals surface area contributed by atoms with Gasteiger partial charge in [-0.15, -0.1) is 11.3 Å². The van der Waals surface area contributed by atoms with Crippen molar-refractivity contribution in [2.24, 2.45) is 0 Å². The average molecular weight is 405 g/mol. The Morgan fingerprint density at radius 2 is 1.78 bits per heavy atom. The summed E-state index contributed by atoms with van der Waals surface area (Å²) in [5, 5.41) is 1.48. The Balaban J connectivity index is 2.01. The van der Waals surface area contributed by atoms with Crippen LogP contribution in [-0.2, 0) is 6.54 Å². The van der Waals surface area contributed by atoms with Gasteiger partial charge in [-0.25, -0.2) is 18.1 Å². The van der Waals surface area contributed by atoms with Crippen LogP contribution in [0.4, 0.5) is 8.78 Å². The van der Waals surface area contributed by atoms with Crippen molar-refractivity contribution >= 4 is 33.2 Å². The molecule has 0 N–H and O–H groups in total. The van der Waals surface area contributed by atoms with Gasteiger partial charge in [-0.3, -0.25) is 9.36 Å². The first-order chi connectivity index (χ1) is 13.0. The Hall–Kier alpha value is -2.77. The van der Waals surface area contributed by atoms with Gasteiger partial charge in [0.1, 0.15) is 16.3 Å². The molecular formula is C19H11ClF2N2O2S. The quantitative estimate of drug-likeness (QED) is 0.514. The summed E-state index contributed by atoms with van der Waals surface area (Å²) >= 11 is 6.98. The topological polar surface area (TPSA) is 44.0 Å². The lowest BCUT2D eigenvalue weighted by atomic mass is 10.2. The molecule has 8 heteroatoms. The monoisotopic (exact) mass is 404 g/mol. The summed E-state index contributed by atoms with van der Waals surface area (Å²) in [5.74, 6) is -1.10. The summed E-state index contributed by atoms with van der Waals surface area (Å²) in [6.07, 6.45) is 0. The van der Waals surface area contributed by atoms with Gasteiger partial charge in [-0.1, -0.05) is 29.8 Å². The fourth-order valence-electron chi connectivity index (χ4n) is 2.89. The highest BCUT2D eigenvalue weighted by atomic mass is 35.5. The minimum absolute atomic E-state index is 0.0477. The van der Waals surface area contributed by atoms with Crippen molar-refractivity contribution in [3.8, 4) is 5.69 Å². The van der Waals surface area contributed by atoms with Crippen LogP contribution in [0.25, 0.3) is 15.9 Å². The standard InChI is InChI=1S/C19H11ClF2N2O2S/c20-13-9-12(5-6-15(13)22)24-18(25)17-16(7-8-27-17)23(19(24)26)10-11-3-1-2-4-14(11)21/h1-9H,10H2. The molecule has 0 spiro atoms. The van der Waals surface area contributed by atoms with E-state index in [-0.39, 0.29) is 17.3 Å². The van der Waals surface area contributed by atoms with Crippen molar-refractivity contribution in [2.45, 2.75) is 6.54 Å². The fourth-order valence-corrected chi connectivity index (χ4v) is 3.89. The fraction of sp³-hybridized carbons (Fsp3) is 0.0526. The van der Waals surface area contributed by atoms with Crippen LogP contribution in [0.1, 0.15) is 5.56 Å². The lowest BCUT2D eigenvalue weighted by Crippen LogP contribution is -2.38.